The molecule has 7 nitrogen and oxygen atoms in total. The lowest BCUT2D eigenvalue weighted by atomic mass is 10.1. The summed E-state index contributed by atoms with van der Waals surface area (Å²) in [6.07, 6.45) is 1.24. The zero-order valence-electron chi connectivity index (χ0n) is 9.92. The van der Waals surface area contributed by atoms with Crippen molar-refractivity contribution in [2.24, 2.45) is 0 Å². The van der Waals surface area contributed by atoms with Gasteiger partial charge in [0.05, 0.1) is 12.5 Å². The molecule has 2 atom stereocenters. The van der Waals surface area contributed by atoms with Crippen molar-refractivity contribution in [2.45, 2.75) is 44.2 Å². The molecule has 1 aliphatic heterocycles. The summed E-state index contributed by atoms with van der Waals surface area (Å²) in [5, 5.41) is 19.7. The van der Waals surface area contributed by atoms with Crippen molar-refractivity contribution in [3.63, 3.8) is 0 Å². The molecule has 18 heavy (non-hydrogen) atoms. The fourth-order valence-electron chi connectivity index (χ4n) is 1.79. The van der Waals surface area contributed by atoms with E-state index in [0.717, 1.165) is 12.8 Å². The van der Waals surface area contributed by atoms with Crippen LogP contribution >= 0.6 is 0 Å². The summed E-state index contributed by atoms with van der Waals surface area (Å²) < 4.78 is 5.26. The Morgan fingerprint density at radius 3 is 2.56 bits per heavy atom. The molecule has 0 aromatic heterocycles. The van der Waals surface area contributed by atoms with Crippen LogP contribution in [0.3, 0.4) is 0 Å². The SMILES string of the molecule is O=C(O)CC[C@H](NC(=O)CC1CCCO1)C(=O)O. The molecule has 0 aliphatic carbocycles. The molecule has 1 heterocycles. The summed E-state index contributed by atoms with van der Waals surface area (Å²) in [5.74, 6) is -2.73. The van der Waals surface area contributed by atoms with Crippen LogP contribution in [-0.2, 0) is 19.1 Å². The summed E-state index contributed by atoms with van der Waals surface area (Å²) >= 11 is 0. The first kappa shape index (κ1) is 14.4. The lowest BCUT2D eigenvalue weighted by molar-refractivity contribution is -0.143. The minimum Gasteiger partial charge on any atom is -0.481 e. The number of hydrogen-bond acceptors (Lipinski definition) is 4. The van der Waals surface area contributed by atoms with Crippen molar-refractivity contribution in [3.05, 3.63) is 0 Å². The van der Waals surface area contributed by atoms with Gasteiger partial charge in [-0.2, -0.15) is 0 Å². The summed E-state index contributed by atoms with van der Waals surface area (Å²) in [5.41, 5.74) is 0. The zero-order valence-corrected chi connectivity index (χ0v) is 9.92. The predicted octanol–water partition coefficient (Wildman–Crippen LogP) is -0.0103. The van der Waals surface area contributed by atoms with Crippen LogP contribution in [0.15, 0.2) is 0 Å². The highest BCUT2D eigenvalue weighted by atomic mass is 16.5. The van der Waals surface area contributed by atoms with Gasteiger partial charge < -0.3 is 20.3 Å². The van der Waals surface area contributed by atoms with E-state index in [2.05, 4.69) is 5.32 Å². The number of rotatable bonds is 7. The number of carbonyl (C=O) groups is 3. The average Bonchev–Trinajstić information content (AvgIpc) is 2.76. The van der Waals surface area contributed by atoms with Gasteiger partial charge in [-0.25, -0.2) is 4.79 Å². The number of carboxylic acid groups (broad SMARTS) is 2. The van der Waals surface area contributed by atoms with E-state index >= 15 is 0 Å². The molecule has 0 radical (unpaired) electrons. The molecule has 1 fully saturated rings. The van der Waals surface area contributed by atoms with E-state index in [1.165, 1.54) is 0 Å². The third kappa shape index (κ3) is 5.13. The molecule has 0 spiro atoms. The van der Waals surface area contributed by atoms with Gasteiger partial charge in [-0.15, -0.1) is 0 Å². The van der Waals surface area contributed by atoms with Crippen LogP contribution in [0.2, 0.25) is 0 Å². The first-order valence-corrected chi connectivity index (χ1v) is 5.84. The number of aliphatic carboxylic acids is 2. The van der Waals surface area contributed by atoms with Crippen LogP contribution < -0.4 is 5.32 Å². The number of carboxylic acids is 2. The molecule has 0 bridgehead atoms. The summed E-state index contributed by atoms with van der Waals surface area (Å²) in [4.78, 5) is 32.8. The lowest BCUT2D eigenvalue weighted by Gasteiger charge is -2.15. The van der Waals surface area contributed by atoms with Crippen LogP contribution in [0.1, 0.15) is 32.1 Å². The third-order valence-electron chi connectivity index (χ3n) is 2.72. The van der Waals surface area contributed by atoms with Gasteiger partial charge in [0.2, 0.25) is 5.91 Å². The van der Waals surface area contributed by atoms with Crippen molar-refractivity contribution < 1.29 is 29.3 Å². The fourth-order valence-corrected chi connectivity index (χ4v) is 1.79. The zero-order chi connectivity index (χ0) is 13.5. The molecular weight excluding hydrogens is 242 g/mol. The van der Waals surface area contributed by atoms with Crippen LogP contribution in [0.4, 0.5) is 0 Å². The van der Waals surface area contributed by atoms with Crippen molar-refractivity contribution in [1.82, 2.24) is 5.32 Å². The highest BCUT2D eigenvalue weighted by Gasteiger charge is 2.24. The van der Waals surface area contributed by atoms with Gasteiger partial charge in [-0.1, -0.05) is 0 Å². The van der Waals surface area contributed by atoms with Gasteiger partial charge in [0.1, 0.15) is 6.04 Å². The van der Waals surface area contributed by atoms with Gasteiger partial charge in [0.25, 0.3) is 0 Å². The Hall–Kier alpha value is -1.63. The molecule has 7 heteroatoms. The molecular formula is C11H17NO6. The molecule has 1 saturated heterocycles. The number of carbonyl (C=O) groups excluding carboxylic acids is 1. The van der Waals surface area contributed by atoms with Crippen molar-refractivity contribution in [3.8, 4) is 0 Å². The molecule has 1 aliphatic rings. The molecule has 0 saturated carbocycles. The largest absolute Gasteiger partial charge is 0.481 e. The summed E-state index contributed by atoms with van der Waals surface area (Å²) in [7, 11) is 0. The van der Waals surface area contributed by atoms with Crippen LogP contribution in [-0.4, -0.2) is 46.8 Å². The maximum atomic E-state index is 11.6. The number of hydrogen-bond donors (Lipinski definition) is 3. The van der Waals surface area contributed by atoms with E-state index < -0.39 is 23.9 Å². The minimum atomic E-state index is -1.23. The minimum absolute atomic E-state index is 0.122. The highest BCUT2D eigenvalue weighted by molar-refractivity contribution is 5.84. The molecule has 1 rings (SSSR count). The van der Waals surface area contributed by atoms with Gasteiger partial charge in [0, 0.05) is 13.0 Å². The smallest absolute Gasteiger partial charge is 0.326 e. The third-order valence-corrected chi connectivity index (χ3v) is 2.72. The standard InChI is InChI=1S/C11H17NO6/c13-9(6-7-2-1-5-18-7)12-8(11(16)17)3-4-10(14)15/h7-8H,1-6H2,(H,12,13)(H,14,15)(H,16,17)/t7?,8-/m0/s1. The normalized spacial score (nSPS) is 20.3. The van der Waals surface area contributed by atoms with Crippen LogP contribution in [0, 0.1) is 0 Å². The van der Waals surface area contributed by atoms with Crippen molar-refractivity contribution >= 4 is 17.8 Å². The second-order valence-electron chi connectivity index (χ2n) is 4.23. The monoisotopic (exact) mass is 259 g/mol. The molecule has 0 aromatic rings. The molecule has 3 N–H and O–H groups in total. The summed E-state index contributed by atoms with van der Waals surface area (Å²) in [6, 6.07) is -1.16. The van der Waals surface area contributed by atoms with Gasteiger partial charge in [-0.3, -0.25) is 9.59 Å². The molecule has 1 amide bonds. The Kier molecular flexibility index (Phi) is 5.57. The van der Waals surface area contributed by atoms with Crippen molar-refractivity contribution in [2.75, 3.05) is 6.61 Å². The molecule has 1 unspecified atom stereocenters. The topological polar surface area (TPSA) is 113 Å². The summed E-state index contributed by atoms with van der Waals surface area (Å²) in [6.45, 7) is 0.624. The Bertz CT molecular complexity index is 323. The number of amides is 1. The van der Waals surface area contributed by atoms with Crippen LogP contribution in [0.25, 0.3) is 0 Å². The quantitative estimate of drug-likeness (QED) is 0.592. The number of nitrogens with one attached hydrogen (secondary N) is 1. The lowest BCUT2D eigenvalue weighted by Crippen LogP contribution is -2.42. The van der Waals surface area contributed by atoms with Gasteiger partial charge >= 0.3 is 11.9 Å². The van der Waals surface area contributed by atoms with Crippen molar-refractivity contribution in [1.29, 1.82) is 0 Å². The average molecular weight is 259 g/mol. The van der Waals surface area contributed by atoms with E-state index in [9.17, 15) is 14.4 Å². The maximum absolute atomic E-state index is 11.6. The van der Waals surface area contributed by atoms with Gasteiger partial charge in [0.15, 0.2) is 0 Å². The van der Waals surface area contributed by atoms with E-state index in [1.54, 1.807) is 0 Å². The molecule has 102 valence electrons. The van der Waals surface area contributed by atoms with Crippen LogP contribution in [0.5, 0.6) is 0 Å². The molecule has 0 aromatic carbocycles. The Morgan fingerprint density at radius 2 is 2.06 bits per heavy atom. The highest BCUT2D eigenvalue weighted by Crippen LogP contribution is 2.15. The first-order valence-electron chi connectivity index (χ1n) is 5.84. The van der Waals surface area contributed by atoms with Gasteiger partial charge in [-0.05, 0) is 19.3 Å². The fraction of sp³-hybridized carbons (Fsp3) is 0.727. The van der Waals surface area contributed by atoms with E-state index in [-0.39, 0.29) is 25.4 Å². The Balaban J connectivity index is 2.36. The first-order chi connectivity index (χ1) is 8.49. The Labute approximate surface area is 104 Å². The second-order valence-corrected chi connectivity index (χ2v) is 4.23. The number of ether oxygens (including phenoxy) is 1. The van der Waals surface area contributed by atoms with E-state index in [1.807, 2.05) is 0 Å². The predicted molar refractivity (Wildman–Crippen MR) is 60.0 cm³/mol. The second kappa shape index (κ2) is 6.95. The maximum Gasteiger partial charge on any atom is 0.326 e. The van der Waals surface area contributed by atoms with E-state index in [4.69, 9.17) is 14.9 Å². The Morgan fingerprint density at radius 1 is 1.33 bits per heavy atom. The van der Waals surface area contributed by atoms with E-state index in [0.29, 0.717) is 6.61 Å².